The number of nitrogens with zero attached hydrogens (tertiary/aromatic N) is 2. The Morgan fingerprint density at radius 3 is 2.33 bits per heavy atom. The molecule has 2 aromatic carbocycles. The van der Waals surface area contributed by atoms with Crippen LogP contribution in [0.25, 0.3) is 0 Å². The highest BCUT2D eigenvalue weighted by Gasteiger charge is 2.13. The van der Waals surface area contributed by atoms with E-state index in [2.05, 4.69) is 10.5 Å². The number of morpholine rings is 1. The zero-order valence-electron chi connectivity index (χ0n) is 16.6. The van der Waals surface area contributed by atoms with Crippen LogP contribution < -0.4 is 14.9 Å². The van der Waals surface area contributed by atoms with Crippen LogP contribution in [0.3, 0.4) is 0 Å². The van der Waals surface area contributed by atoms with Gasteiger partial charge in [0.05, 0.1) is 38.6 Å². The average Bonchev–Trinajstić information content (AvgIpc) is 2.75. The summed E-state index contributed by atoms with van der Waals surface area (Å²) < 4.78 is 15.7. The number of halogens is 1. The summed E-state index contributed by atoms with van der Waals surface area (Å²) in [6, 6.07) is 13.5. The van der Waals surface area contributed by atoms with Gasteiger partial charge in [0.1, 0.15) is 11.5 Å². The number of methoxy groups -OCH3 is 1. The molecule has 160 valence electrons. The lowest BCUT2D eigenvalue weighted by molar-refractivity contribution is -0.123. The number of carbonyl (C=O) groups is 2. The van der Waals surface area contributed by atoms with Gasteiger partial charge in [-0.1, -0.05) is 0 Å². The predicted molar refractivity (Wildman–Crippen MR) is 115 cm³/mol. The zero-order valence-corrected chi connectivity index (χ0v) is 17.4. The number of amides is 1. The molecule has 0 aliphatic carbocycles. The molecule has 1 saturated heterocycles. The van der Waals surface area contributed by atoms with Gasteiger partial charge in [0.15, 0.2) is 0 Å². The van der Waals surface area contributed by atoms with Crippen molar-refractivity contribution in [3.63, 3.8) is 0 Å². The molecule has 1 aliphatic heterocycles. The smallest absolute Gasteiger partial charge is 0.343 e. The first-order valence-corrected chi connectivity index (χ1v) is 9.22. The number of hydrogen-bond donors (Lipinski definition) is 1. The number of benzene rings is 2. The van der Waals surface area contributed by atoms with Crippen LogP contribution in [0.1, 0.15) is 15.9 Å². The molecule has 3 rings (SSSR count). The van der Waals surface area contributed by atoms with Crippen molar-refractivity contribution in [1.29, 1.82) is 0 Å². The number of nitrogens with one attached hydrogen (secondary N) is 1. The van der Waals surface area contributed by atoms with Crippen LogP contribution in [0.2, 0.25) is 0 Å². The van der Waals surface area contributed by atoms with Gasteiger partial charge in [0.25, 0.3) is 5.91 Å². The van der Waals surface area contributed by atoms with Crippen LogP contribution in [0.4, 0.5) is 0 Å². The van der Waals surface area contributed by atoms with Crippen molar-refractivity contribution in [3.8, 4) is 11.5 Å². The van der Waals surface area contributed by atoms with Gasteiger partial charge in [-0.05, 0) is 54.1 Å². The predicted octanol–water partition coefficient (Wildman–Crippen LogP) is 2.12. The van der Waals surface area contributed by atoms with Crippen molar-refractivity contribution < 1.29 is 23.8 Å². The van der Waals surface area contributed by atoms with Crippen molar-refractivity contribution in [1.82, 2.24) is 10.3 Å². The van der Waals surface area contributed by atoms with Gasteiger partial charge < -0.3 is 14.2 Å². The van der Waals surface area contributed by atoms with Gasteiger partial charge in [0, 0.05) is 13.1 Å². The summed E-state index contributed by atoms with van der Waals surface area (Å²) in [5.41, 5.74) is 3.70. The number of esters is 1. The van der Waals surface area contributed by atoms with E-state index in [-0.39, 0.29) is 18.3 Å². The summed E-state index contributed by atoms with van der Waals surface area (Å²) in [4.78, 5) is 26.1. The van der Waals surface area contributed by atoms with E-state index in [1.807, 2.05) is 4.90 Å². The summed E-state index contributed by atoms with van der Waals surface area (Å²) in [5, 5.41) is 3.96. The standard InChI is InChI=1S/C21H23N3O5.ClH/c1-27-18-8-4-17(5-9-18)21(26)29-19-6-2-16(3-7-19)14-22-23-20(25)15-24-10-12-28-13-11-24;/h2-9,14H,10-13,15H2,1H3,(H,23,25);1H/b22-14+;. The van der Waals surface area contributed by atoms with Crippen LogP contribution in [0.5, 0.6) is 11.5 Å². The second-order valence-electron chi connectivity index (χ2n) is 6.37. The van der Waals surface area contributed by atoms with E-state index in [9.17, 15) is 9.59 Å². The molecule has 0 atom stereocenters. The molecule has 0 spiro atoms. The van der Waals surface area contributed by atoms with Gasteiger partial charge in [-0.25, -0.2) is 10.2 Å². The molecule has 0 unspecified atom stereocenters. The lowest BCUT2D eigenvalue weighted by Gasteiger charge is -2.25. The summed E-state index contributed by atoms with van der Waals surface area (Å²) in [6.07, 6.45) is 1.53. The third-order valence-electron chi connectivity index (χ3n) is 4.29. The molecule has 1 aliphatic rings. The van der Waals surface area contributed by atoms with Crippen molar-refractivity contribution >= 4 is 30.5 Å². The molecule has 1 N–H and O–H groups in total. The fourth-order valence-electron chi connectivity index (χ4n) is 2.69. The Balaban J connectivity index is 0.00000320. The highest BCUT2D eigenvalue weighted by molar-refractivity contribution is 5.91. The average molecular weight is 434 g/mol. The monoisotopic (exact) mass is 433 g/mol. The summed E-state index contributed by atoms with van der Waals surface area (Å²) in [7, 11) is 1.56. The Hall–Kier alpha value is -2.94. The third kappa shape index (κ3) is 7.14. The van der Waals surface area contributed by atoms with Crippen LogP contribution >= 0.6 is 12.4 Å². The highest BCUT2D eigenvalue weighted by atomic mass is 35.5. The molecule has 0 radical (unpaired) electrons. The van der Waals surface area contributed by atoms with Gasteiger partial charge in [-0.15, -0.1) is 12.4 Å². The van der Waals surface area contributed by atoms with E-state index in [1.165, 1.54) is 6.21 Å². The topological polar surface area (TPSA) is 89.5 Å². The second kappa shape index (κ2) is 11.9. The van der Waals surface area contributed by atoms with E-state index >= 15 is 0 Å². The van der Waals surface area contributed by atoms with Gasteiger partial charge in [-0.2, -0.15) is 5.10 Å². The Kier molecular flexibility index (Phi) is 9.27. The number of ether oxygens (including phenoxy) is 3. The van der Waals surface area contributed by atoms with E-state index in [1.54, 1.807) is 55.6 Å². The SMILES string of the molecule is COc1ccc(C(=O)Oc2ccc(/C=N/NC(=O)CN3CCOCC3)cc2)cc1.Cl. The molecular formula is C21H24ClN3O5. The summed E-state index contributed by atoms with van der Waals surface area (Å²) in [5.74, 6) is 0.458. The maximum atomic E-state index is 12.2. The fourth-order valence-corrected chi connectivity index (χ4v) is 2.69. The molecule has 1 heterocycles. The van der Waals surface area contributed by atoms with Crippen LogP contribution in [0, 0.1) is 0 Å². The Morgan fingerprint density at radius 1 is 1.07 bits per heavy atom. The lowest BCUT2D eigenvalue weighted by atomic mass is 10.2. The van der Waals surface area contributed by atoms with Crippen molar-refractivity contribution in [3.05, 3.63) is 59.7 Å². The number of rotatable bonds is 7. The van der Waals surface area contributed by atoms with Gasteiger partial charge in [-0.3, -0.25) is 9.69 Å². The number of hydrogen-bond acceptors (Lipinski definition) is 7. The second-order valence-corrected chi connectivity index (χ2v) is 6.37. The minimum atomic E-state index is -0.454. The molecule has 8 nitrogen and oxygen atoms in total. The lowest BCUT2D eigenvalue weighted by Crippen LogP contribution is -2.42. The summed E-state index contributed by atoms with van der Waals surface area (Å²) in [6.45, 7) is 3.07. The Morgan fingerprint density at radius 2 is 1.70 bits per heavy atom. The molecule has 9 heteroatoms. The Bertz CT molecular complexity index is 850. The molecule has 1 amide bonds. The first kappa shape index (κ1) is 23.3. The maximum absolute atomic E-state index is 12.2. The molecular weight excluding hydrogens is 410 g/mol. The minimum Gasteiger partial charge on any atom is -0.497 e. The largest absolute Gasteiger partial charge is 0.497 e. The molecule has 2 aromatic rings. The molecule has 0 saturated carbocycles. The quantitative estimate of drug-likeness (QED) is 0.311. The van der Waals surface area contributed by atoms with Crippen molar-refractivity contribution in [2.24, 2.45) is 5.10 Å². The van der Waals surface area contributed by atoms with E-state index < -0.39 is 5.97 Å². The first-order chi connectivity index (χ1) is 14.1. The van der Waals surface area contributed by atoms with Crippen LogP contribution in [-0.4, -0.2) is 62.9 Å². The van der Waals surface area contributed by atoms with Gasteiger partial charge >= 0.3 is 5.97 Å². The Labute approximate surface area is 181 Å². The molecule has 0 bridgehead atoms. The van der Waals surface area contributed by atoms with Crippen LogP contribution in [-0.2, 0) is 9.53 Å². The van der Waals surface area contributed by atoms with E-state index in [0.717, 1.165) is 18.7 Å². The molecule has 30 heavy (non-hydrogen) atoms. The third-order valence-corrected chi connectivity index (χ3v) is 4.29. The van der Waals surface area contributed by atoms with E-state index in [4.69, 9.17) is 14.2 Å². The van der Waals surface area contributed by atoms with Crippen LogP contribution in [0.15, 0.2) is 53.6 Å². The first-order valence-electron chi connectivity index (χ1n) is 9.22. The van der Waals surface area contributed by atoms with Crippen molar-refractivity contribution in [2.45, 2.75) is 0 Å². The molecule has 0 aromatic heterocycles. The highest BCUT2D eigenvalue weighted by Crippen LogP contribution is 2.16. The van der Waals surface area contributed by atoms with Crippen molar-refractivity contribution in [2.75, 3.05) is 40.0 Å². The normalized spacial score (nSPS) is 14.0. The number of hydrazone groups is 1. The van der Waals surface area contributed by atoms with Gasteiger partial charge in [0.2, 0.25) is 0 Å². The summed E-state index contributed by atoms with van der Waals surface area (Å²) >= 11 is 0. The maximum Gasteiger partial charge on any atom is 0.343 e. The zero-order chi connectivity index (χ0) is 20.5. The number of carbonyl (C=O) groups excluding carboxylic acids is 2. The van der Waals surface area contributed by atoms with E-state index in [0.29, 0.717) is 36.8 Å². The fraction of sp³-hybridized carbons (Fsp3) is 0.286. The minimum absolute atomic E-state index is 0. The molecule has 1 fully saturated rings.